The third kappa shape index (κ3) is 13.2. The van der Waals surface area contributed by atoms with Crippen LogP contribution >= 0.6 is 11.6 Å². The lowest BCUT2D eigenvalue weighted by Crippen LogP contribution is -2.42. The maximum Gasteiger partial charge on any atom is 0.424 e. The minimum absolute atomic E-state index is 0.0297. The molecule has 0 bridgehead atoms. The molecule has 1 heterocycles. The van der Waals surface area contributed by atoms with Crippen molar-refractivity contribution in [1.29, 1.82) is 0 Å². The molecule has 2 rings (SSSR count). The Bertz CT molecular complexity index is 1210. The van der Waals surface area contributed by atoms with Gasteiger partial charge in [-0.2, -0.15) is 4.31 Å². The number of hydrogen-bond acceptors (Lipinski definition) is 8. The Morgan fingerprint density at radius 1 is 0.976 bits per heavy atom. The van der Waals surface area contributed by atoms with Gasteiger partial charge in [0.05, 0.1) is 18.0 Å². The summed E-state index contributed by atoms with van der Waals surface area (Å²) < 4.78 is 44.1. The minimum atomic E-state index is -4.22. The number of aromatic nitrogens is 1. The number of sulfonamides is 1. The van der Waals surface area contributed by atoms with Crippen molar-refractivity contribution < 1.29 is 32.2 Å². The summed E-state index contributed by atoms with van der Waals surface area (Å²) in [6.45, 7) is 10.5. The van der Waals surface area contributed by atoms with Gasteiger partial charge in [0.15, 0.2) is 0 Å². The number of nitrogens with zero attached hydrogens (tertiary/aromatic N) is 2. The molecule has 0 aliphatic carbocycles. The molecule has 0 aliphatic heterocycles. The molecule has 0 fully saturated rings. The summed E-state index contributed by atoms with van der Waals surface area (Å²) in [4.78, 5) is 29.3. The van der Waals surface area contributed by atoms with Crippen LogP contribution in [0.2, 0.25) is 5.02 Å². The molecule has 0 aliphatic rings. The number of ether oxygens (including phenoxy) is 3. The number of amides is 1. The molecule has 2 aromatic rings. The number of carbonyl (C=O) groups is 2. The fraction of sp³-hybridized carbons (Fsp3) is 0.567. The van der Waals surface area contributed by atoms with Crippen LogP contribution in [0.4, 0.5) is 4.79 Å². The number of benzene rings is 1. The number of esters is 1. The zero-order chi connectivity index (χ0) is 30.7. The number of rotatable bonds is 14. The van der Waals surface area contributed by atoms with Crippen LogP contribution in [0.1, 0.15) is 72.8 Å². The van der Waals surface area contributed by atoms with Crippen molar-refractivity contribution in [2.75, 3.05) is 19.8 Å². The van der Waals surface area contributed by atoms with Crippen LogP contribution in [0.25, 0.3) is 0 Å². The second-order valence-electron chi connectivity index (χ2n) is 11.8. The van der Waals surface area contributed by atoms with Gasteiger partial charge in [0.2, 0.25) is 0 Å². The highest BCUT2D eigenvalue weighted by molar-refractivity contribution is 7.89. The third-order valence-corrected chi connectivity index (χ3v) is 7.80. The Balaban J connectivity index is 2.06. The van der Waals surface area contributed by atoms with Crippen LogP contribution in [0.3, 0.4) is 0 Å². The lowest BCUT2D eigenvalue weighted by atomic mass is 9.96. The normalized spacial score (nSPS) is 13.0. The van der Waals surface area contributed by atoms with Crippen LogP contribution in [-0.4, -0.2) is 60.7 Å². The number of halogens is 1. The van der Waals surface area contributed by atoms with E-state index in [0.29, 0.717) is 22.4 Å². The molecule has 41 heavy (non-hydrogen) atoms. The van der Waals surface area contributed by atoms with E-state index in [1.54, 1.807) is 27.0 Å². The molecule has 9 nitrogen and oxygen atoms in total. The fourth-order valence-electron chi connectivity index (χ4n) is 3.92. The average Bonchev–Trinajstić information content (AvgIpc) is 2.85. The van der Waals surface area contributed by atoms with Crippen LogP contribution < -0.4 is 0 Å². The Morgan fingerprint density at radius 3 is 2.22 bits per heavy atom. The fourth-order valence-corrected chi connectivity index (χ4v) is 5.33. The monoisotopic (exact) mass is 610 g/mol. The van der Waals surface area contributed by atoms with Gasteiger partial charge in [0.25, 0.3) is 10.0 Å². The largest absolute Gasteiger partial charge is 0.460 e. The molecular formula is C30H43ClN2O7S. The molecule has 0 saturated heterocycles. The van der Waals surface area contributed by atoms with E-state index < -0.39 is 27.3 Å². The topological polar surface area (TPSA) is 112 Å². The van der Waals surface area contributed by atoms with Crippen molar-refractivity contribution in [2.24, 2.45) is 5.92 Å². The second kappa shape index (κ2) is 15.5. The van der Waals surface area contributed by atoms with Crippen LogP contribution in [0.5, 0.6) is 0 Å². The van der Waals surface area contributed by atoms with E-state index in [9.17, 15) is 18.0 Å². The molecular weight excluding hydrogens is 568 g/mol. The third-order valence-electron chi connectivity index (χ3n) is 5.77. The summed E-state index contributed by atoms with van der Waals surface area (Å²) in [7, 11) is -4.22. The standard InChI is InChI=1S/C30H43ClN2O7S/c1-29(2,3)39-27(34)17-12-24(10-7-9-23-11-8-18-32-21-23)22-38-20-19-33(28(35)40-30(4,5)6)41(36,37)26-15-13-25(31)14-16-26/h8,11,13-16,18,21,24H,7,9-10,12,17,19-20,22H2,1-6H3. The summed E-state index contributed by atoms with van der Waals surface area (Å²) in [6, 6.07) is 9.48. The van der Waals surface area contributed by atoms with Gasteiger partial charge in [-0.25, -0.2) is 13.2 Å². The molecule has 0 spiro atoms. The van der Waals surface area contributed by atoms with E-state index in [-0.39, 0.29) is 36.4 Å². The number of aryl methyl sites for hydroxylation is 1. The predicted molar refractivity (Wildman–Crippen MR) is 158 cm³/mol. The molecule has 0 saturated carbocycles. The van der Waals surface area contributed by atoms with E-state index >= 15 is 0 Å². The van der Waals surface area contributed by atoms with Gasteiger partial charge in [-0.15, -0.1) is 0 Å². The summed E-state index contributed by atoms with van der Waals surface area (Å²) in [5.41, 5.74) is -0.337. The van der Waals surface area contributed by atoms with Gasteiger partial charge < -0.3 is 14.2 Å². The number of pyridine rings is 1. The highest BCUT2D eigenvalue weighted by Gasteiger charge is 2.33. The number of hydrogen-bond donors (Lipinski definition) is 0. The summed E-state index contributed by atoms with van der Waals surface area (Å²) >= 11 is 5.92. The second-order valence-corrected chi connectivity index (χ2v) is 14.1. The van der Waals surface area contributed by atoms with Crippen molar-refractivity contribution in [1.82, 2.24) is 9.29 Å². The van der Waals surface area contributed by atoms with Gasteiger partial charge in [0.1, 0.15) is 11.2 Å². The minimum Gasteiger partial charge on any atom is -0.460 e. The molecule has 1 atom stereocenters. The van der Waals surface area contributed by atoms with Gasteiger partial charge in [0, 0.05) is 30.4 Å². The Morgan fingerprint density at radius 2 is 1.63 bits per heavy atom. The van der Waals surface area contributed by atoms with Crippen LogP contribution in [-0.2, 0) is 35.4 Å². The smallest absolute Gasteiger partial charge is 0.424 e. The van der Waals surface area contributed by atoms with Gasteiger partial charge >= 0.3 is 12.1 Å². The van der Waals surface area contributed by atoms with E-state index in [1.807, 2.05) is 39.1 Å². The molecule has 1 aromatic carbocycles. The van der Waals surface area contributed by atoms with E-state index in [4.69, 9.17) is 25.8 Å². The first-order chi connectivity index (χ1) is 19.1. The van der Waals surface area contributed by atoms with Crippen LogP contribution in [0, 0.1) is 5.92 Å². The highest BCUT2D eigenvalue weighted by atomic mass is 35.5. The van der Waals surface area contributed by atoms with Crippen molar-refractivity contribution in [3.8, 4) is 0 Å². The van der Waals surface area contributed by atoms with Crippen LogP contribution in [0.15, 0.2) is 53.7 Å². The molecule has 1 unspecified atom stereocenters. The Labute approximate surface area is 249 Å². The van der Waals surface area contributed by atoms with Gasteiger partial charge in [-0.1, -0.05) is 17.7 Å². The molecule has 0 N–H and O–H groups in total. The lowest BCUT2D eigenvalue weighted by molar-refractivity contribution is -0.155. The summed E-state index contributed by atoms with van der Waals surface area (Å²) in [5.74, 6) is -0.248. The molecule has 228 valence electrons. The summed E-state index contributed by atoms with van der Waals surface area (Å²) in [5, 5.41) is 0.372. The first-order valence-corrected chi connectivity index (χ1v) is 15.6. The zero-order valence-corrected chi connectivity index (χ0v) is 26.5. The van der Waals surface area contributed by atoms with E-state index in [0.717, 1.165) is 24.8 Å². The highest BCUT2D eigenvalue weighted by Crippen LogP contribution is 2.22. The predicted octanol–water partition coefficient (Wildman–Crippen LogP) is 6.44. The molecule has 0 radical (unpaired) electrons. The first-order valence-electron chi connectivity index (χ1n) is 13.8. The molecule has 1 amide bonds. The maximum atomic E-state index is 13.3. The molecule has 1 aromatic heterocycles. The first kappa shape index (κ1) is 34.5. The quantitative estimate of drug-likeness (QED) is 0.177. The SMILES string of the molecule is CC(C)(C)OC(=O)CCC(CCCc1cccnc1)COCCN(C(=O)OC(C)(C)C)S(=O)(=O)c1ccc(Cl)cc1. The van der Waals surface area contributed by atoms with E-state index in [1.165, 1.54) is 24.3 Å². The van der Waals surface area contributed by atoms with Gasteiger partial charge in [-0.3, -0.25) is 9.78 Å². The summed E-state index contributed by atoms with van der Waals surface area (Å²) in [6.07, 6.45) is 5.86. The Kier molecular flexibility index (Phi) is 13.1. The van der Waals surface area contributed by atoms with Gasteiger partial charge in [-0.05, 0) is 109 Å². The van der Waals surface area contributed by atoms with Crippen molar-refractivity contribution >= 4 is 33.7 Å². The zero-order valence-electron chi connectivity index (χ0n) is 24.9. The van der Waals surface area contributed by atoms with Crippen molar-refractivity contribution in [2.45, 2.75) is 89.7 Å². The van der Waals surface area contributed by atoms with E-state index in [2.05, 4.69) is 4.98 Å². The molecule has 11 heteroatoms. The van der Waals surface area contributed by atoms with Crippen molar-refractivity contribution in [3.05, 3.63) is 59.4 Å². The Hall–Kier alpha value is -2.69. The average molecular weight is 611 g/mol. The lowest BCUT2D eigenvalue weighted by Gasteiger charge is -2.27. The number of carbonyl (C=O) groups excluding carboxylic acids is 2. The van der Waals surface area contributed by atoms with Crippen molar-refractivity contribution in [3.63, 3.8) is 0 Å². The maximum absolute atomic E-state index is 13.3.